The van der Waals surface area contributed by atoms with E-state index in [1.54, 1.807) is 12.1 Å². The highest BCUT2D eigenvalue weighted by Crippen LogP contribution is 2.37. The van der Waals surface area contributed by atoms with Gasteiger partial charge in [0.1, 0.15) is 11.5 Å². The first-order valence-electron chi connectivity index (χ1n) is 8.85. The predicted octanol–water partition coefficient (Wildman–Crippen LogP) is 5.41. The lowest BCUT2D eigenvalue weighted by molar-refractivity contribution is -0.110. The summed E-state index contributed by atoms with van der Waals surface area (Å²) in [6.07, 6.45) is 3.68. The molecule has 0 radical (unpaired) electrons. The van der Waals surface area contributed by atoms with Gasteiger partial charge in [0.05, 0.1) is 13.2 Å². The first-order valence-corrected chi connectivity index (χ1v) is 9.22. The summed E-state index contributed by atoms with van der Waals surface area (Å²) in [6.45, 7) is 5.37. The molecule has 26 heavy (non-hydrogen) atoms. The number of carbonyl (C=O) groups excluding carboxylic acids is 1. The van der Waals surface area contributed by atoms with E-state index in [1.807, 2.05) is 30.3 Å². The van der Waals surface area contributed by atoms with Crippen LogP contribution < -0.4 is 14.8 Å². The highest BCUT2D eigenvalue weighted by atomic mass is 35.5. The fraction of sp³-hybridized carbons (Fsp3) is 0.286. The largest absolute Gasteiger partial charge is 0.493 e. The Morgan fingerprint density at radius 1 is 1.04 bits per heavy atom. The van der Waals surface area contributed by atoms with Gasteiger partial charge in [-0.3, -0.25) is 4.79 Å². The monoisotopic (exact) mass is 371 g/mol. The van der Waals surface area contributed by atoms with Crippen LogP contribution in [0.2, 0.25) is 5.02 Å². The van der Waals surface area contributed by atoms with E-state index >= 15 is 0 Å². The molecule has 0 aliphatic carbocycles. The second-order valence-corrected chi connectivity index (χ2v) is 6.54. The first kappa shape index (κ1) is 18.3. The fourth-order valence-corrected chi connectivity index (χ4v) is 2.91. The minimum Gasteiger partial charge on any atom is -0.493 e. The molecule has 2 aromatic rings. The van der Waals surface area contributed by atoms with Crippen molar-refractivity contribution in [3.05, 3.63) is 52.5 Å². The molecule has 0 atom stereocenters. The van der Waals surface area contributed by atoms with Gasteiger partial charge in [0.15, 0.2) is 0 Å². The second-order valence-electron chi connectivity index (χ2n) is 6.10. The molecule has 5 heteroatoms. The van der Waals surface area contributed by atoms with E-state index < -0.39 is 0 Å². The van der Waals surface area contributed by atoms with Gasteiger partial charge in [-0.1, -0.05) is 25.4 Å². The Morgan fingerprint density at radius 3 is 2.58 bits per heavy atom. The van der Waals surface area contributed by atoms with Gasteiger partial charge < -0.3 is 14.8 Å². The van der Waals surface area contributed by atoms with E-state index in [0.29, 0.717) is 29.6 Å². The minimum absolute atomic E-state index is 0.144. The standard InChI is InChI=1S/C21H22ClNO3/c1-3-9-25-16-7-5-14(20(13-16)26-10-4-2)11-18-17-12-15(22)6-8-19(17)23-21(18)24/h5-8,11-13H,3-4,9-10H2,1-2H3,(H,23,24)/b18-11+. The van der Waals surface area contributed by atoms with Crippen LogP contribution in [0.4, 0.5) is 5.69 Å². The zero-order valence-electron chi connectivity index (χ0n) is 15.0. The van der Waals surface area contributed by atoms with Gasteiger partial charge in [-0.25, -0.2) is 0 Å². The average molecular weight is 372 g/mol. The topological polar surface area (TPSA) is 47.6 Å². The van der Waals surface area contributed by atoms with Crippen molar-refractivity contribution in [3.8, 4) is 11.5 Å². The molecule has 1 N–H and O–H groups in total. The number of amides is 1. The molecule has 1 aliphatic heterocycles. The zero-order chi connectivity index (χ0) is 18.5. The van der Waals surface area contributed by atoms with Gasteiger partial charge in [-0.15, -0.1) is 0 Å². The van der Waals surface area contributed by atoms with E-state index in [0.717, 1.165) is 35.4 Å². The summed E-state index contributed by atoms with van der Waals surface area (Å²) < 4.78 is 11.6. The SMILES string of the molecule is CCCOc1ccc(/C=C2/C(=O)Nc3ccc(Cl)cc32)c(OCCC)c1. The molecule has 4 nitrogen and oxygen atoms in total. The summed E-state index contributed by atoms with van der Waals surface area (Å²) in [5, 5.41) is 3.46. The van der Waals surface area contributed by atoms with Crippen LogP contribution in [0.5, 0.6) is 11.5 Å². The average Bonchev–Trinajstić information content (AvgIpc) is 2.94. The van der Waals surface area contributed by atoms with Gasteiger partial charge >= 0.3 is 0 Å². The quantitative estimate of drug-likeness (QED) is 0.662. The lowest BCUT2D eigenvalue weighted by Crippen LogP contribution is -2.04. The number of nitrogens with one attached hydrogen (secondary N) is 1. The second kappa shape index (κ2) is 8.28. The summed E-state index contributed by atoms with van der Waals surface area (Å²) in [4.78, 5) is 12.4. The van der Waals surface area contributed by atoms with Crippen molar-refractivity contribution in [1.29, 1.82) is 0 Å². The molecule has 0 fully saturated rings. The van der Waals surface area contributed by atoms with Crippen LogP contribution in [0.1, 0.15) is 37.8 Å². The summed E-state index contributed by atoms with van der Waals surface area (Å²) in [5.74, 6) is 1.32. The Bertz CT molecular complexity index is 845. The molecule has 0 spiro atoms. The molecule has 3 rings (SSSR count). The summed E-state index contributed by atoms with van der Waals surface area (Å²) >= 11 is 6.10. The van der Waals surface area contributed by atoms with Crippen LogP contribution in [-0.2, 0) is 4.79 Å². The number of fused-ring (bicyclic) bond motifs is 1. The van der Waals surface area contributed by atoms with Gasteiger partial charge in [0.2, 0.25) is 0 Å². The van der Waals surface area contributed by atoms with Crippen molar-refractivity contribution in [2.45, 2.75) is 26.7 Å². The number of hydrogen-bond acceptors (Lipinski definition) is 3. The third-order valence-corrected chi connectivity index (χ3v) is 4.22. The van der Waals surface area contributed by atoms with Crippen LogP contribution >= 0.6 is 11.6 Å². The van der Waals surface area contributed by atoms with Crippen LogP contribution in [-0.4, -0.2) is 19.1 Å². The Hall–Kier alpha value is -2.46. The van der Waals surface area contributed by atoms with E-state index in [2.05, 4.69) is 19.2 Å². The number of benzene rings is 2. The normalized spacial score (nSPS) is 14.3. The lowest BCUT2D eigenvalue weighted by Gasteiger charge is -2.12. The maximum Gasteiger partial charge on any atom is 0.256 e. The molecule has 2 aromatic carbocycles. The smallest absolute Gasteiger partial charge is 0.256 e. The molecular weight excluding hydrogens is 350 g/mol. The molecule has 0 saturated heterocycles. The van der Waals surface area contributed by atoms with Crippen LogP contribution in [0.3, 0.4) is 0 Å². The van der Waals surface area contributed by atoms with Crippen molar-refractivity contribution >= 4 is 34.8 Å². The molecule has 0 aromatic heterocycles. The highest BCUT2D eigenvalue weighted by molar-refractivity contribution is 6.36. The Labute approximate surface area is 158 Å². The summed E-state index contributed by atoms with van der Waals surface area (Å²) in [7, 11) is 0. The molecule has 1 heterocycles. The minimum atomic E-state index is -0.144. The predicted molar refractivity (Wildman–Crippen MR) is 106 cm³/mol. The number of carbonyl (C=O) groups is 1. The summed E-state index contributed by atoms with van der Waals surface area (Å²) in [5.41, 5.74) is 2.98. The van der Waals surface area contributed by atoms with Crippen LogP contribution in [0.25, 0.3) is 11.6 Å². The Morgan fingerprint density at radius 2 is 1.81 bits per heavy atom. The summed E-state index contributed by atoms with van der Waals surface area (Å²) in [6, 6.07) is 11.1. The third-order valence-electron chi connectivity index (χ3n) is 3.98. The van der Waals surface area contributed by atoms with Crippen LogP contribution in [0, 0.1) is 0 Å². The molecular formula is C21H22ClNO3. The molecule has 1 aliphatic rings. The van der Waals surface area contributed by atoms with Gasteiger partial charge in [0.25, 0.3) is 5.91 Å². The number of anilines is 1. The number of hydrogen-bond donors (Lipinski definition) is 1. The number of ether oxygens (including phenoxy) is 2. The maximum absolute atomic E-state index is 12.4. The third kappa shape index (κ3) is 4.02. The molecule has 0 saturated carbocycles. The van der Waals surface area contributed by atoms with Crippen molar-refractivity contribution in [1.82, 2.24) is 0 Å². The molecule has 136 valence electrons. The van der Waals surface area contributed by atoms with E-state index in [4.69, 9.17) is 21.1 Å². The van der Waals surface area contributed by atoms with E-state index in [1.165, 1.54) is 0 Å². The van der Waals surface area contributed by atoms with Crippen molar-refractivity contribution in [3.63, 3.8) is 0 Å². The maximum atomic E-state index is 12.4. The Kier molecular flexibility index (Phi) is 5.84. The first-order chi connectivity index (χ1) is 12.6. The van der Waals surface area contributed by atoms with Crippen molar-refractivity contribution in [2.24, 2.45) is 0 Å². The van der Waals surface area contributed by atoms with Crippen molar-refractivity contribution in [2.75, 3.05) is 18.5 Å². The van der Waals surface area contributed by atoms with Gasteiger partial charge in [0, 0.05) is 33.5 Å². The van der Waals surface area contributed by atoms with E-state index in [9.17, 15) is 4.79 Å². The molecule has 0 unspecified atom stereocenters. The molecule has 1 amide bonds. The molecule has 0 bridgehead atoms. The lowest BCUT2D eigenvalue weighted by atomic mass is 10.0. The number of rotatable bonds is 7. The highest BCUT2D eigenvalue weighted by Gasteiger charge is 2.24. The number of halogens is 1. The van der Waals surface area contributed by atoms with Gasteiger partial charge in [-0.2, -0.15) is 0 Å². The Balaban J connectivity index is 1.99. The van der Waals surface area contributed by atoms with Crippen molar-refractivity contribution < 1.29 is 14.3 Å². The fourth-order valence-electron chi connectivity index (χ4n) is 2.74. The van der Waals surface area contributed by atoms with E-state index in [-0.39, 0.29) is 5.91 Å². The van der Waals surface area contributed by atoms with Crippen LogP contribution in [0.15, 0.2) is 36.4 Å². The van der Waals surface area contributed by atoms with Gasteiger partial charge in [-0.05, 0) is 49.2 Å². The zero-order valence-corrected chi connectivity index (χ0v) is 15.7.